The molecule has 1 aliphatic rings. The Morgan fingerprint density at radius 2 is 2.18 bits per heavy atom. The predicted molar refractivity (Wildman–Crippen MR) is 70.9 cm³/mol. The second-order valence-electron chi connectivity index (χ2n) is 5.13. The van der Waals surface area contributed by atoms with Crippen molar-refractivity contribution in [2.24, 2.45) is 0 Å². The number of piperidine rings is 1. The molecule has 2 heterocycles. The van der Waals surface area contributed by atoms with E-state index in [4.69, 9.17) is 5.73 Å². The monoisotopic (exact) mass is 236 g/mol. The maximum atomic E-state index is 5.66. The molecule has 1 aromatic rings. The Labute approximate surface area is 104 Å². The van der Waals surface area contributed by atoms with Gasteiger partial charge in [0.05, 0.1) is 6.04 Å². The van der Waals surface area contributed by atoms with Crippen LogP contribution in [0.1, 0.15) is 45.6 Å². The molecule has 96 valence electrons. The van der Waals surface area contributed by atoms with Crippen molar-refractivity contribution in [1.29, 1.82) is 0 Å². The van der Waals surface area contributed by atoms with Crippen molar-refractivity contribution in [1.82, 2.24) is 14.7 Å². The van der Waals surface area contributed by atoms with Crippen LogP contribution < -0.4 is 5.73 Å². The van der Waals surface area contributed by atoms with E-state index in [-0.39, 0.29) is 0 Å². The molecule has 1 aromatic heterocycles. The van der Waals surface area contributed by atoms with Gasteiger partial charge < -0.3 is 10.6 Å². The van der Waals surface area contributed by atoms with Gasteiger partial charge in [-0.05, 0) is 32.3 Å². The van der Waals surface area contributed by atoms with Gasteiger partial charge in [-0.15, -0.1) is 0 Å². The quantitative estimate of drug-likeness (QED) is 0.872. The first-order valence-corrected chi connectivity index (χ1v) is 6.75. The number of nitrogen functional groups attached to an aromatic ring is 1. The number of aromatic nitrogens is 2. The average molecular weight is 236 g/mol. The van der Waals surface area contributed by atoms with E-state index < -0.39 is 0 Å². The van der Waals surface area contributed by atoms with E-state index in [1.54, 1.807) is 0 Å². The zero-order chi connectivity index (χ0) is 12.3. The van der Waals surface area contributed by atoms with Crippen molar-refractivity contribution in [3.8, 4) is 0 Å². The van der Waals surface area contributed by atoms with E-state index in [2.05, 4.69) is 23.8 Å². The Kier molecular flexibility index (Phi) is 4.05. The first-order valence-electron chi connectivity index (χ1n) is 6.75. The van der Waals surface area contributed by atoms with E-state index in [1.807, 2.05) is 16.9 Å². The molecule has 4 nitrogen and oxygen atoms in total. The summed E-state index contributed by atoms with van der Waals surface area (Å²) in [6, 6.07) is 3.15. The summed E-state index contributed by atoms with van der Waals surface area (Å²) in [6.07, 6.45) is 6.96. The summed E-state index contributed by atoms with van der Waals surface area (Å²) in [5.74, 6) is 0.631. The van der Waals surface area contributed by atoms with Crippen molar-refractivity contribution < 1.29 is 0 Å². The second-order valence-corrected chi connectivity index (χ2v) is 5.13. The zero-order valence-corrected chi connectivity index (χ0v) is 11.0. The number of nitrogens with two attached hydrogens (primary N) is 1. The number of rotatable bonds is 4. The highest BCUT2D eigenvalue weighted by Gasteiger charge is 2.23. The third kappa shape index (κ3) is 3.00. The normalized spacial score (nSPS) is 20.6. The van der Waals surface area contributed by atoms with Crippen molar-refractivity contribution in [3.05, 3.63) is 12.3 Å². The average Bonchev–Trinajstić information content (AvgIpc) is 2.76. The SMILES string of the molecule is CCCC(C)N1CCC(n2ccc(N)n2)CC1. The lowest BCUT2D eigenvalue weighted by atomic mass is 10.0. The standard InChI is InChI=1S/C13H24N4/c1-3-4-11(2)16-8-5-12(6-9-16)17-10-7-13(14)15-17/h7,10-12H,3-6,8-9H2,1-2H3,(H2,14,15). The third-order valence-electron chi connectivity index (χ3n) is 3.83. The van der Waals surface area contributed by atoms with Crippen LogP contribution in [-0.4, -0.2) is 33.8 Å². The van der Waals surface area contributed by atoms with Gasteiger partial charge in [0.25, 0.3) is 0 Å². The first kappa shape index (κ1) is 12.4. The molecule has 0 radical (unpaired) electrons. The number of hydrogen-bond donors (Lipinski definition) is 1. The zero-order valence-electron chi connectivity index (χ0n) is 11.0. The minimum Gasteiger partial charge on any atom is -0.382 e. The summed E-state index contributed by atoms with van der Waals surface area (Å²) >= 11 is 0. The Morgan fingerprint density at radius 3 is 2.71 bits per heavy atom. The van der Waals surface area contributed by atoms with E-state index >= 15 is 0 Å². The second kappa shape index (κ2) is 5.54. The number of anilines is 1. The van der Waals surface area contributed by atoms with Crippen LogP contribution in [-0.2, 0) is 0 Å². The summed E-state index contributed by atoms with van der Waals surface area (Å²) in [4.78, 5) is 2.60. The summed E-state index contributed by atoms with van der Waals surface area (Å²) in [5.41, 5.74) is 5.66. The van der Waals surface area contributed by atoms with Gasteiger partial charge >= 0.3 is 0 Å². The highest BCUT2D eigenvalue weighted by Crippen LogP contribution is 2.24. The lowest BCUT2D eigenvalue weighted by molar-refractivity contribution is 0.133. The molecule has 0 amide bonds. The number of hydrogen-bond acceptors (Lipinski definition) is 3. The molecule has 1 saturated heterocycles. The van der Waals surface area contributed by atoms with Gasteiger partial charge in [0.2, 0.25) is 0 Å². The van der Waals surface area contributed by atoms with Crippen molar-refractivity contribution in [3.63, 3.8) is 0 Å². The molecular weight excluding hydrogens is 212 g/mol. The topological polar surface area (TPSA) is 47.1 Å². The molecule has 0 aromatic carbocycles. The fourth-order valence-electron chi connectivity index (χ4n) is 2.75. The highest BCUT2D eigenvalue weighted by atomic mass is 15.3. The highest BCUT2D eigenvalue weighted by molar-refractivity contribution is 5.24. The maximum Gasteiger partial charge on any atom is 0.145 e. The molecule has 4 heteroatoms. The molecule has 1 unspecified atom stereocenters. The van der Waals surface area contributed by atoms with Gasteiger partial charge in [0, 0.05) is 25.3 Å². The molecule has 0 spiro atoms. The molecule has 17 heavy (non-hydrogen) atoms. The predicted octanol–water partition coefficient (Wildman–Crippen LogP) is 2.29. The Bertz CT molecular complexity index is 339. The molecule has 2 rings (SSSR count). The molecule has 1 fully saturated rings. The molecule has 2 N–H and O–H groups in total. The van der Waals surface area contributed by atoms with Crippen molar-refractivity contribution in [2.45, 2.75) is 51.6 Å². The summed E-state index contributed by atoms with van der Waals surface area (Å²) in [6.45, 7) is 6.97. The van der Waals surface area contributed by atoms with Crippen molar-refractivity contribution >= 4 is 5.82 Å². The fraction of sp³-hybridized carbons (Fsp3) is 0.769. The van der Waals surface area contributed by atoms with Crippen LogP contribution in [0.2, 0.25) is 0 Å². The fourth-order valence-corrected chi connectivity index (χ4v) is 2.75. The Morgan fingerprint density at radius 1 is 1.47 bits per heavy atom. The minimum atomic E-state index is 0.539. The summed E-state index contributed by atoms with van der Waals surface area (Å²) < 4.78 is 2.04. The smallest absolute Gasteiger partial charge is 0.145 e. The van der Waals surface area contributed by atoms with Gasteiger partial charge in [-0.3, -0.25) is 4.68 Å². The van der Waals surface area contributed by atoms with E-state index in [1.165, 1.54) is 38.8 Å². The molecule has 0 bridgehead atoms. The van der Waals surface area contributed by atoms with E-state index in [0.717, 1.165) is 6.04 Å². The molecule has 1 aliphatic heterocycles. The van der Waals surface area contributed by atoms with E-state index in [0.29, 0.717) is 11.9 Å². The van der Waals surface area contributed by atoms with Gasteiger partial charge in [-0.1, -0.05) is 13.3 Å². The molecule has 0 saturated carbocycles. The van der Waals surface area contributed by atoms with Crippen LogP contribution in [0.25, 0.3) is 0 Å². The molecule has 1 atom stereocenters. The third-order valence-corrected chi connectivity index (χ3v) is 3.83. The number of nitrogens with zero attached hydrogens (tertiary/aromatic N) is 3. The van der Waals surface area contributed by atoms with Crippen LogP contribution in [0, 0.1) is 0 Å². The molecular formula is C13H24N4. The van der Waals surface area contributed by atoms with Crippen LogP contribution in [0.4, 0.5) is 5.82 Å². The van der Waals surface area contributed by atoms with Crippen LogP contribution >= 0.6 is 0 Å². The summed E-state index contributed by atoms with van der Waals surface area (Å²) in [5, 5.41) is 4.32. The van der Waals surface area contributed by atoms with Gasteiger partial charge in [-0.2, -0.15) is 5.10 Å². The van der Waals surface area contributed by atoms with E-state index in [9.17, 15) is 0 Å². The summed E-state index contributed by atoms with van der Waals surface area (Å²) in [7, 11) is 0. The first-order chi connectivity index (χ1) is 8.20. The maximum absolute atomic E-state index is 5.66. The van der Waals surface area contributed by atoms with Crippen LogP contribution in [0.15, 0.2) is 12.3 Å². The van der Waals surface area contributed by atoms with Gasteiger partial charge in [-0.25, -0.2) is 0 Å². The van der Waals surface area contributed by atoms with Crippen LogP contribution in [0.5, 0.6) is 0 Å². The van der Waals surface area contributed by atoms with Gasteiger partial charge in [0.1, 0.15) is 5.82 Å². The van der Waals surface area contributed by atoms with Gasteiger partial charge in [0.15, 0.2) is 0 Å². The lowest BCUT2D eigenvalue weighted by Crippen LogP contribution is -2.40. The lowest BCUT2D eigenvalue weighted by Gasteiger charge is -2.36. The Hall–Kier alpha value is -1.03. The van der Waals surface area contributed by atoms with Crippen molar-refractivity contribution in [2.75, 3.05) is 18.8 Å². The number of likely N-dealkylation sites (tertiary alicyclic amines) is 1. The van der Waals surface area contributed by atoms with Crippen LogP contribution in [0.3, 0.4) is 0 Å². The minimum absolute atomic E-state index is 0.539. The Balaban J connectivity index is 1.85. The largest absolute Gasteiger partial charge is 0.382 e. The molecule has 0 aliphatic carbocycles.